The van der Waals surface area contributed by atoms with Crippen molar-refractivity contribution in [3.63, 3.8) is 0 Å². The minimum Gasteiger partial charge on any atom is -0.175 e. The Morgan fingerprint density at radius 1 is 0.714 bits per heavy atom. The van der Waals surface area contributed by atoms with Gasteiger partial charge in [0.2, 0.25) is 0 Å². The van der Waals surface area contributed by atoms with Crippen molar-refractivity contribution in [3.8, 4) is 0 Å². The molecule has 0 aliphatic heterocycles. The summed E-state index contributed by atoms with van der Waals surface area (Å²) in [6, 6.07) is 0. The molecule has 0 heterocycles. The molecule has 14 heavy (non-hydrogen) atoms. The van der Waals surface area contributed by atoms with Gasteiger partial charge in [-0.1, -0.05) is 41.5 Å². The van der Waals surface area contributed by atoms with Crippen LogP contribution in [0.25, 0.3) is 0 Å². The molecule has 0 aromatic carbocycles. The van der Waals surface area contributed by atoms with Crippen LogP contribution in [0.1, 0.15) is 54.4 Å². The molecule has 0 rings (SSSR count). The van der Waals surface area contributed by atoms with E-state index >= 15 is 0 Å². The Kier molecular flexibility index (Phi) is 5.41. The van der Waals surface area contributed by atoms with Crippen LogP contribution in [0.15, 0.2) is 0 Å². The second kappa shape index (κ2) is 5.16. The fourth-order valence-electron chi connectivity index (χ4n) is 1.18. The van der Waals surface area contributed by atoms with Crippen LogP contribution in [0.3, 0.4) is 0 Å². The molecule has 0 saturated heterocycles. The molecular formula is C12H26S2. The molecule has 2 heteroatoms. The number of thiol groups is 2. The molecule has 2 unspecified atom stereocenters. The van der Waals surface area contributed by atoms with E-state index in [1.165, 1.54) is 0 Å². The molecule has 0 bridgehead atoms. The third kappa shape index (κ3) is 5.55. The summed E-state index contributed by atoms with van der Waals surface area (Å²) < 4.78 is 0. The van der Waals surface area contributed by atoms with Gasteiger partial charge in [-0.3, -0.25) is 0 Å². The Balaban J connectivity index is 3.96. The van der Waals surface area contributed by atoms with Crippen LogP contribution in [0, 0.1) is 10.8 Å². The monoisotopic (exact) mass is 234 g/mol. The third-order valence-corrected chi connectivity index (χ3v) is 4.78. The predicted molar refractivity (Wildman–Crippen MR) is 73.7 cm³/mol. The van der Waals surface area contributed by atoms with E-state index in [4.69, 9.17) is 0 Å². The van der Waals surface area contributed by atoms with Crippen LogP contribution < -0.4 is 0 Å². The summed E-state index contributed by atoms with van der Waals surface area (Å²) in [5.41, 5.74) is 0.600. The summed E-state index contributed by atoms with van der Waals surface area (Å²) in [5, 5.41) is 0.944. The molecule has 0 nitrogen and oxygen atoms in total. The molecule has 0 radical (unpaired) electrons. The van der Waals surface area contributed by atoms with Crippen LogP contribution in [0.4, 0.5) is 0 Å². The van der Waals surface area contributed by atoms with Gasteiger partial charge in [0.15, 0.2) is 0 Å². The number of hydrogen-bond donors (Lipinski definition) is 2. The Bertz CT molecular complexity index is 142. The maximum absolute atomic E-state index is 4.65. The lowest BCUT2D eigenvalue weighted by Crippen LogP contribution is -2.26. The van der Waals surface area contributed by atoms with Gasteiger partial charge in [-0.05, 0) is 23.7 Å². The average molecular weight is 234 g/mol. The topological polar surface area (TPSA) is 0 Å². The van der Waals surface area contributed by atoms with Gasteiger partial charge in [0.1, 0.15) is 0 Å². The van der Waals surface area contributed by atoms with Crippen molar-refractivity contribution < 1.29 is 0 Å². The molecule has 0 spiro atoms. The highest BCUT2D eigenvalue weighted by Crippen LogP contribution is 2.33. The van der Waals surface area contributed by atoms with E-state index in [9.17, 15) is 0 Å². The summed E-state index contributed by atoms with van der Waals surface area (Å²) >= 11 is 9.29. The Hall–Kier alpha value is 0.700. The number of hydrogen-bond acceptors (Lipinski definition) is 2. The summed E-state index contributed by atoms with van der Waals surface area (Å²) in [4.78, 5) is 0. The van der Waals surface area contributed by atoms with Crippen LogP contribution in [0.5, 0.6) is 0 Å². The summed E-state index contributed by atoms with van der Waals surface area (Å²) in [5.74, 6) is 0. The van der Waals surface area contributed by atoms with E-state index in [0.717, 1.165) is 12.8 Å². The maximum atomic E-state index is 4.65. The highest BCUT2D eigenvalue weighted by atomic mass is 32.1. The average Bonchev–Trinajstić information content (AvgIpc) is 1.95. The second-order valence-corrected chi connectivity index (χ2v) is 7.59. The molecule has 0 N–H and O–H groups in total. The van der Waals surface area contributed by atoms with Crippen molar-refractivity contribution in [2.24, 2.45) is 10.8 Å². The largest absolute Gasteiger partial charge is 0.175 e. The van der Waals surface area contributed by atoms with Crippen LogP contribution >= 0.6 is 25.3 Å². The molecule has 0 saturated carbocycles. The molecule has 0 aromatic heterocycles. The first-order valence-corrected chi connectivity index (χ1v) is 6.44. The van der Waals surface area contributed by atoms with E-state index in [2.05, 4.69) is 66.8 Å². The van der Waals surface area contributed by atoms with Gasteiger partial charge in [0.05, 0.1) is 0 Å². The summed E-state index contributed by atoms with van der Waals surface area (Å²) in [6.45, 7) is 13.5. The molecule has 0 aliphatic rings. The summed E-state index contributed by atoms with van der Waals surface area (Å²) in [7, 11) is 0. The van der Waals surface area contributed by atoms with Gasteiger partial charge < -0.3 is 0 Å². The van der Waals surface area contributed by atoms with E-state index in [0.29, 0.717) is 21.3 Å². The smallest absolute Gasteiger partial charge is 0.00657 e. The Labute approximate surface area is 101 Å². The van der Waals surface area contributed by atoms with Crippen molar-refractivity contribution >= 4 is 25.3 Å². The first kappa shape index (κ1) is 14.7. The Morgan fingerprint density at radius 2 is 0.929 bits per heavy atom. The number of rotatable bonds is 3. The maximum Gasteiger partial charge on any atom is 0.00657 e. The van der Waals surface area contributed by atoms with Crippen LogP contribution in [-0.2, 0) is 0 Å². The first-order valence-electron chi connectivity index (χ1n) is 5.41. The zero-order chi connectivity index (χ0) is 11.6. The van der Waals surface area contributed by atoms with Gasteiger partial charge in [-0.25, -0.2) is 0 Å². The Morgan fingerprint density at radius 3 is 1.07 bits per heavy atom. The predicted octanol–water partition coefficient (Wildman–Crippen LogP) is 4.46. The molecule has 0 aromatic rings. The SMILES string of the molecule is CC(C)(C)C(S)CCC(S)C(C)(C)C. The van der Waals surface area contributed by atoms with Crippen molar-refractivity contribution in [2.45, 2.75) is 64.9 Å². The van der Waals surface area contributed by atoms with Crippen molar-refractivity contribution in [1.29, 1.82) is 0 Å². The van der Waals surface area contributed by atoms with E-state index in [1.807, 2.05) is 0 Å². The van der Waals surface area contributed by atoms with Crippen molar-refractivity contribution in [2.75, 3.05) is 0 Å². The molecule has 0 aliphatic carbocycles. The highest BCUT2D eigenvalue weighted by Gasteiger charge is 2.25. The molecule has 0 amide bonds. The van der Waals surface area contributed by atoms with Gasteiger partial charge in [0, 0.05) is 10.5 Å². The lowest BCUT2D eigenvalue weighted by atomic mass is 9.84. The van der Waals surface area contributed by atoms with Gasteiger partial charge in [-0.15, -0.1) is 0 Å². The van der Waals surface area contributed by atoms with Crippen molar-refractivity contribution in [3.05, 3.63) is 0 Å². The van der Waals surface area contributed by atoms with Crippen LogP contribution in [0.2, 0.25) is 0 Å². The van der Waals surface area contributed by atoms with E-state index in [1.54, 1.807) is 0 Å². The van der Waals surface area contributed by atoms with Crippen LogP contribution in [-0.4, -0.2) is 10.5 Å². The van der Waals surface area contributed by atoms with Crippen molar-refractivity contribution in [1.82, 2.24) is 0 Å². The molecule has 0 fully saturated rings. The second-order valence-electron chi connectivity index (χ2n) is 6.34. The minimum absolute atomic E-state index is 0.300. The lowest BCUT2D eigenvalue weighted by molar-refractivity contribution is 0.337. The summed E-state index contributed by atoms with van der Waals surface area (Å²) in [6.07, 6.45) is 2.30. The third-order valence-electron chi connectivity index (χ3n) is 2.71. The standard InChI is InChI=1S/C12H26S2/c1-11(2,3)9(13)7-8-10(14)12(4,5)6/h9-10,13-14H,7-8H2,1-6H3. The van der Waals surface area contributed by atoms with E-state index < -0.39 is 0 Å². The lowest BCUT2D eigenvalue weighted by Gasteiger charge is -2.31. The zero-order valence-corrected chi connectivity index (χ0v) is 12.3. The fraction of sp³-hybridized carbons (Fsp3) is 1.00. The van der Waals surface area contributed by atoms with Gasteiger partial charge >= 0.3 is 0 Å². The highest BCUT2D eigenvalue weighted by molar-refractivity contribution is 7.81. The zero-order valence-electron chi connectivity index (χ0n) is 10.5. The van der Waals surface area contributed by atoms with E-state index in [-0.39, 0.29) is 0 Å². The normalized spacial score (nSPS) is 18.0. The quantitative estimate of drug-likeness (QED) is 0.662. The van der Waals surface area contributed by atoms with Gasteiger partial charge in [-0.2, -0.15) is 25.3 Å². The molecular weight excluding hydrogens is 208 g/mol. The van der Waals surface area contributed by atoms with Gasteiger partial charge in [0.25, 0.3) is 0 Å². The fourth-order valence-corrected chi connectivity index (χ4v) is 1.48. The first-order chi connectivity index (χ1) is 6.05. The molecule has 2 atom stereocenters. The minimum atomic E-state index is 0.300. The molecule has 86 valence electrons.